The van der Waals surface area contributed by atoms with Gasteiger partial charge in [0.05, 0.1) is 22.1 Å². The predicted octanol–water partition coefficient (Wildman–Crippen LogP) is 7.56. The number of hydrogen-bond donors (Lipinski definition) is 1. The summed E-state index contributed by atoms with van der Waals surface area (Å²) < 4.78 is 6.86. The molecule has 1 fully saturated rings. The minimum absolute atomic E-state index is 0.116. The van der Waals surface area contributed by atoms with E-state index in [2.05, 4.69) is 50.4 Å². The van der Waals surface area contributed by atoms with Gasteiger partial charge in [-0.1, -0.05) is 67.9 Å². The van der Waals surface area contributed by atoms with Crippen molar-refractivity contribution in [3.05, 3.63) is 89.5 Å². The fraction of sp³-hybridized carbons (Fsp3) is 0.324. The minimum Gasteiger partial charge on any atom is -0.487 e. The lowest BCUT2D eigenvalue weighted by Gasteiger charge is -2.49. The number of nitrogens with zero attached hydrogens (tertiary/aromatic N) is 2. The predicted molar refractivity (Wildman–Crippen MR) is 156 cm³/mol. The van der Waals surface area contributed by atoms with Crippen LogP contribution in [0.3, 0.4) is 0 Å². The fourth-order valence-corrected chi connectivity index (χ4v) is 6.92. The maximum absolute atomic E-state index is 13.0. The van der Waals surface area contributed by atoms with Crippen molar-refractivity contribution >= 4 is 38.7 Å². The molecule has 4 aromatic carbocycles. The van der Waals surface area contributed by atoms with Crippen LogP contribution < -0.4 is 10.1 Å². The summed E-state index contributed by atoms with van der Waals surface area (Å²) in [4.78, 5) is 23.4. The van der Waals surface area contributed by atoms with Gasteiger partial charge in [-0.25, -0.2) is 9.97 Å². The van der Waals surface area contributed by atoms with Crippen molar-refractivity contribution in [3.8, 4) is 5.75 Å². The van der Waals surface area contributed by atoms with Crippen LogP contribution in [-0.2, 0) is 6.54 Å². The van der Waals surface area contributed by atoms with Gasteiger partial charge in [0.2, 0.25) is 0 Å². The third-order valence-corrected chi connectivity index (χ3v) is 8.89. The topological polar surface area (TPSA) is 64.1 Å². The van der Waals surface area contributed by atoms with Crippen molar-refractivity contribution in [1.29, 1.82) is 0 Å². The van der Waals surface area contributed by atoms with E-state index in [4.69, 9.17) is 14.7 Å². The van der Waals surface area contributed by atoms with E-state index in [1.807, 2.05) is 48.5 Å². The monoisotopic (exact) mass is 515 g/mol. The smallest absolute Gasteiger partial charge is 0.251 e. The highest BCUT2D eigenvalue weighted by atomic mass is 16.5. The number of carbonyl (C=O) groups is 1. The standard InChI is InChI=1S/C34H33N3O2/c1-20-13-15-26-25(17-20)29-31-30(23-11-7-8-12-24(23)32(29)39-34(26,2)3)36-27-16-14-22(18-28(27)37-31)33(38)35-19-21-9-5-4-6-10-21/h4-12,14,16,18,20,25-26H,13,15,17,19H2,1-3H3,(H,35,38)/t20-,25-,26-/m0/s1. The van der Waals surface area contributed by atoms with E-state index in [1.54, 1.807) is 0 Å². The first-order chi connectivity index (χ1) is 18.9. The van der Waals surface area contributed by atoms with Crippen LogP contribution in [-0.4, -0.2) is 21.5 Å². The van der Waals surface area contributed by atoms with Gasteiger partial charge >= 0.3 is 0 Å². The second-order valence-electron chi connectivity index (χ2n) is 11.9. The SMILES string of the molecule is C[C@H]1CC[C@H]2[C@H](C1)c1c(c3ccccc3c3nc4ccc(C(=O)NCc5ccccc5)cc4nc13)OC2(C)C. The summed E-state index contributed by atoms with van der Waals surface area (Å²) in [5.41, 5.74) is 5.96. The first-order valence-corrected chi connectivity index (χ1v) is 14.1. The van der Waals surface area contributed by atoms with Crippen molar-refractivity contribution < 1.29 is 9.53 Å². The molecule has 39 heavy (non-hydrogen) atoms. The first-order valence-electron chi connectivity index (χ1n) is 14.1. The summed E-state index contributed by atoms with van der Waals surface area (Å²) in [6, 6.07) is 24.0. The number of rotatable bonds is 3. The van der Waals surface area contributed by atoms with E-state index in [9.17, 15) is 4.79 Å². The highest BCUT2D eigenvalue weighted by Crippen LogP contribution is 2.56. The quantitative estimate of drug-likeness (QED) is 0.199. The lowest BCUT2D eigenvalue weighted by atomic mass is 9.64. The third-order valence-electron chi connectivity index (χ3n) is 8.89. The molecule has 3 atom stereocenters. The molecule has 1 N–H and O–H groups in total. The van der Waals surface area contributed by atoms with Gasteiger partial charge < -0.3 is 10.1 Å². The molecule has 1 aliphatic heterocycles. The Morgan fingerprint density at radius 2 is 1.67 bits per heavy atom. The van der Waals surface area contributed by atoms with Gasteiger partial charge in [0.1, 0.15) is 11.4 Å². The number of ether oxygens (including phenoxy) is 1. The molecule has 0 spiro atoms. The Balaban J connectivity index is 1.39. The van der Waals surface area contributed by atoms with Crippen LogP contribution in [0, 0.1) is 11.8 Å². The molecule has 7 rings (SSSR count). The van der Waals surface area contributed by atoms with E-state index >= 15 is 0 Å². The molecular weight excluding hydrogens is 482 g/mol. The molecule has 1 aliphatic carbocycles. The van der Waals surface area contributed by atoms with Crippen molar-refractivity contribution in [2.45, 2.75) is 58.1 Å². The molecule has 1 saturated carbocycles. The van der Waals surface area contributed by atoms with Crippen LogP contribution in [0.4, 0.5) is 0 Å². The normalized spacial score (nSPS) is 21.8. The Kier molecular flexibility index (Phi) is 5.58. The lowest BCUT2D eigenvalue weighted by Crippen LogP contribution is -2.46. The van der Waals surface area contributed by atoms with Crippen molar-refractivity contribution in [2.24, 2.45) is 11.8 Å². The Labute approximate surface area is 228 Å². The van der Waals surface area contributed by atoms with Crippen LogP contribution in [0.25, 0.3) is 32.8 Å². The van der Waals surface area contributed by atoms with Crippen molar-refractivity contribution in [3.63, 3.8) is 0 Å². The number of benzene rings is 4. The maximum Gasteiger partial charge on any atom is 0.251 e. The molecule has 5 nitrogen and oxygen atoms in total. The zero-order valence-corrected chi connectivity index (χ0v) is 22.7. The third kappa shape index (κ3) is 4.03. The zero-order valence-electron chi connectivity index (χ0n) is 22.7. The second kappa shape index (κ2) is 9.04. The average molecular weight is 516 g/mol. The van der Waals surface area contributed by atoms with Crippen LogP contribution in [0.1, 0.15) is 67.4 Å². The van der Waals surface area contributed by atoms with Gasteiger partial charge in [-0.05, 0) is 62.3 Å². The van der Waals surface area contributed by atoms with E-state index < -0.39 is 0 Å². The Bertz CT molecular complexity index is 1740. The molecule has 5 aromatic rings. The zero-order chi connectivity index (χ0) is 26.7. The second-order valence-corrected chi connectivity index (χ2v) is 11.9. The number of nitrogens with one attached hydrogen (secondary N) is 1. The van der Waals surface area contributed by atoms with E-state index in [0.29, 0.717) is 29.9 Å². The van der Waals surface area contributed by atoms with Crippen LogP contribution in [0.5, 0.6) is 5.75 Å². The minimum atomic E-state index is -0.247. The highest BCUT2D eigenvalue weighted by molar-refractivity contribution is 6.11. The Hall–Kier alpha value is -3.99. The van der Waals surface area contributed by atoms with Crippen LogP contribution in [0.2, 0.25) is 0 Å². The molecule has 1 amide bonds. The number of fused-ring (bicyclic) bond motifs is 9. The molecule has 0 bridgehead atoms. The molecule has 0 saturated heterocycles. The highest BCUT2D eigenvalue weighted by Gasteiger charge is 2.47. The van der Waals surface area contributed by atoms with E-state index in [0.717, 1.165) is 57.0 Å². The first kappa shape index (κ1) is 24.1. The fourth-order valence-electron chi connectivity index (χ4n) is 6.92. The number of hydrogen-bond acceptors (Lipinski definition) is 4. The maximum atomic E-state index is 13.0. The molecule has 5 heteroatoms. The van der Waals surface area contributed by atoms with E-state index in [1.165, 1.54) is 12.0 Å². The number of amides is 1. The Morgan fingerprint density at radius 1 is 0.923 bits per heavy atom. The van der Waals surface area contributed by atoms with Gasteiger partial charge in [0.25, 0.3) is 5.91 Å². The molecule has 0 unspecified atom stereocenters. The molecule has 1 aromatic heterocycles. The summed E-state index contributed by atoms with van der Waals surface area (Å²) in [6.07, 6.45) is 3.50. The largest absolute Gasteiger partial charge is 0.487 e. The molecule has 2 aliphatic rings. The summed E-state index contributed by atoms with van der Waals surface area (Å²) in [6.45, 7) is 7.34. The number of aromatic nitrogens is 2. The van der Waals surface area contributed by atoms with Crippen LogP contribution >= 0.6 is 0 Å². The Morgan fingerprint density at radius 3 is 2.49 bits per heavy atom. The summed E-state index contributed by atoms with van der Waals surface area (Å²) in [7, 11) is 0. The van der Waals surface area contributed by atoms with Gasteiger partial charge in [0, 0.05) is 34.4 Å². The van der Waals surface area contributed by atoms with Crippen LogP contribution in [0.15, 0.2) is 72.8 Å². The average Bonchev–Trinajstić information content (AvgIpc) is 2.95. The summed E-state index contributed by atoms with van der Waals surface area (Å²) in [5.74, 6) is 2.29. The van der Waals surface area contributed by atoms with Crippen molar-refractivity contribution in [2.75, 3.05) is 0 Å². The van der Waals surface area contributed by atoms with Gasteiger partial charge in [-0.15, -0.1) is 0 Å². The van der Waals surface area contributed by atoms with Gasteiger partial charge in [0.15, 0.2) is 0 Å². The van der Waals surface area contributed by atoms with Gasteiger partial charge in [-0.2, -0.15) is 0 Å². The summed E-state index contributed by atoms with van der Waals surface area (Å²) in [5, 5.41) is 5.20. The molecular formula is C34H33N3O2. The lowest BCUT2D eigenvalue weighted by molar-refractivity contribution is -0.0115. The summed E-state index contributed by atoms with van der Waals surface area (Å²) >= 11 is 0. The molecule has 0 radical (unpaired) electrons. The van der Waals surface area contributed by atoms with E-state index in [-0.39, 0.29) is 11.5 Å². The van der Waals surface area contributed by atoms with Gasteiger partial charge in [-0.3, -0.25) is 4.79 Å². The molecule has 2 heterocycles. The molecule has 196 valence electrons. The number of carbonyl (C=O) groups excluding carboxylic acids is 1. The van der Waals surface area contributed by atoms with Crippen molar-refractivity contribution in [1.82, 2.24) is 15.3 Å².